The molecule has 1 saturated heterocycles. The van der Waals surface area contributed by atoms with E-state index < -0.39 is 40.6 Å². The average Bonchev–Trinajstić information content (AvgIpc) is 3.22. The van der Waals surface area contributed by atoms with Gasteiger partial charge in [-0.1, -0.05) is 23.8 Å². The van der Waals surface area contributed by atoms with Crippen LogP contribution in [0, 0.1) is 20.8 Å². The van der Waals surface area contributed by atoms with Gasteiger partial charge in [-0.3, -0.25) is 9.59 Å². The summed E-state index contributed by atoms with van der Waals surface area (Å²) in [7, 11) is -3.94. The second kappa shape index (κ2) is 9.75. The molecule has 0 radical (unpaired) electrons. The molecule has 0 spiro atoms. The van der Waals surface area contributed by atoms with Crippen molar-refractivity contribution in [2.75, 3.05) is 18.4 Å². The first-order valence-corrected chi connectivity index (χ1v) is 12.1. The maximum atomic E-state index is 13.5. The molecule has 1 atom stereocenters. The third-order valence-corrected chi connectivity index (χ3v) is 7.73. The number of nitrogens with one attached hydrogen (secondary N) is 2. The van der Waals surface area contributed by atoms with Gasteiger partial charge < -0.3 is 10.6 Å². The number of anilines is 1. The van der Waals surface area contributed by atoms with Gasteiger partial charge in [0.1, 0.15) is 12.6 Å². The fourth-order valence-electron chi connectivity index (χ4n) is 4.23. The predicted octanol–water partition coefficient (Wildman–Crippen LogP) is 3.70. The number of alkyl halides is 3. The molecule has 2 amide bonds. The standard InChI is InChI=1S/C23H26F3N3O4S/c1-14-10-15(2)20(16(3)11-14)34(32,33)29-9-5-8-19(29)22(31)28-18-7-4-6-17(12-18)21(30)27-13-23(24,25)26/h4,6-7,10-12,19H,5,8-9,13H2,1-3H3,(H,27,30)(H,28,31). The fraction of sp³-hybridized carbons (Fsp3) is 0.391. The van der Waals surface area contributed by atoms with Gasteiger partial charge in [0.25, 0.3) is 5.91 Å². The van der Waals surface area contributed by atoms with Crippen molar-refractivity contribution in [2.45, 2.75) is 50.7 Å². The molecule has 0 aliphatic carbocycles. The zero-order valence-corrected chi connectivity index (χ0v) is 19.8. The van der Waals surface area contributed by atoms with Gasteiger partial charge in [0.2, 0.25) is 15.9 Å². The van der Waals surface area contributed by atoms with Crippen LogP contribution in [0.3, 0.4) is 0 Å². The molecule has 34 heavy (non-hydrogen) atoms. The van der Waals surface area contributed by atoms with Crippen molar-refractivity contribution in [1.29, 1.82) is 0 Å². The van der Waals surface area contributed by atoms with Crippen LogP contribution in [0.2, 0.25) is 0 Å². The first kappa shape index (κ1) is 25.7. The number of aryl methyl sites for hydroxylation is 3. The smallest absolute Gasteiger partial charge is 0.343 e. The third kappa shape index (κ3) is 5.76. The van der Waals surface area contributed by atoms with E-state index in [1.54, 1.807) is 31.3 Å². The number of benzene rings is 2. The van der Waals surface area contributed by atoms with Crippen molar-refractivity contribution in [2.24, 2.45) is 0 Å². The molecule has 2 N–H and O–H groups in total. The number of sulfonamides is 1. The van der Waals surface area contributed by atoms with Crippen LogP contribution in [0.15, 0.2) is 41.3 Å². The molecule has 2 aromatic rings. The number of amides is 2. The highest BCUT2D eigenvalue weighted by Crippen LogP contribution is 2.31. The molecule has 1 aliphatic rings. The van der Waals surface area contributed by atoms with Crippen molar-refractivity contribution in [3.63, 3.8) is 0 Å². The van der Waals surface area contributed by atoms with Gasteiger partial charge in [-0.15, -0.1) is 0 Å². The lowest BCUT2D eigenvalue weighted by molar-refractivity contribution is -0.123. The Morgan fingerprint density at radius 2 is 1.74 bits per heavy atom. The topological polar surface area (TPSA) is 95.6 Å². The monoisotopic (exact) mass is 497 g/mol. The van der Waals surface area contributed by atoms with E-state index in [4.69, 9.17) is 0 Å². The number of hydrogen-bond acceptors (Lipinski definition) is 4. The third-order valence-electron chi connectivity index (χ3n) is 5.52. The van der Waals surface area contributed by atoms with E-state index in [1.807, 2.05) is 6.92 Å². The molecule has 0 saturated carbocycles. The van der Waals surface area contributed by atoms with Crippen molar-refractivity contribution < 1.29 is 31.2 Å². The summed E-state index contributed by atoms with van der Waals surface area (Å²) >= 11 is 0. The molecule has 2 aromatic carbocycles. The minimum Gasteiger partial charge on any atom is -0.343 e. The Balaban J connectivity index is 1.79. The summed E-state index contributed by atoms with van der Waals surface area (Å²) in [6.45, 7) is 4.02. The number of nitrogens with zero attached hydrogens (tertiary/aromatic N) is 1. The van der Waals surface area contributed by atoms with Crippen LogP contribution in [-0.2, 0) is 14.8 Å². The van der Waals surface area contributed by atoms with Gasteiger partial charge in [-0.25, -0.2) is 8.42 Å². The highest BCUT2D eigenvalue weighted by atomic mass is 32.2. The lowest BCUT2D eigenvalue weighted by atomic mass is 10.1. The maximum absolute atomic E-state index is 13.5. The van der Waals surface area contributed by atoms with Crippen LogP contribution < -0.4 is 10.6 Å². The molecule has 1 fully saturated rings. The molecule has 1 unspecified atom stereocenters. The molecule has 0 aromatic heterocycles. The average molecular weight is 498 g/mol. The molecule has 3 rings (SSSR count). The first-order chi connectivity index (χ1) is 15.8. The first-order valence-electron chi connectivity index (χ1n) is 10.6. The lowest BCUT2D eigenvalue weighted by Crippen LogP contribution is -2.43. The highest BCUT2D eigenvalue weighted by molar-refractivity contribution is 7.89. The number of halogens is 3. The van der Waals surface area contributed by atoms with E-state index in [-0.39, 0.29) is 22.7 Å². The van der Waals surface area contributed by atoms with E-state index >= 15 is 0 Å². The SMILES string of the molecule is Cc1cc(C)c(S(=O)(=O)N2CCCC2C(=O)Nc2cccc(C(=O)NCC(F)(F)F)c2)c(C)c1. The molecular formula is C23H26F3N3O4S. The Kier molecular flexibility index (Phi) is 7.37. The van der Waals surface area contributed by atoms with Gasteiger partial charge in [0, 0.05) is 17.8 Å². The summed E-state index contributed by atoms with van der Waals surface area (Å²) in [5.41, 5.74) is 2.24. The summed E-state index contributed by atoms with van der Waals surface area (Å²) < 4.78 is 65.2. The summed E-state index contributed by atoms with van der Waals surface area (Å²) in [4.78, 5) is 25.2. The number of carbonyl (C=O) groups excluding carboxylic acids is 2. The highest BCUT2D eigenvalue weighted by Gasteiger charge is 2.40. The van der Waals surface area contributed by atoms with Crippen molar-refractivity contribution in [3.8, 4) is 0 Å². The van der Waals surface area contributed by atoms with Crippen molar-refractivity contribution in [3.05, 3.63) is 58.7 Å². The number of rotatable bonds is 6. The number of carbonyl (C=O) groups is 2. The summed E-state index contributed by atoms with van der Waals surface area (Å²) in [6, 6.07) is 8.05. The van der Waals surface area contributed by atoms with E-state index in [2.05, 4.69) is 5.32 Å². The van der Waals surface area contributed by atoms with Gasteiger partial charge >= 0.3 is 6.18 Å². The van der Waals surface area contributed by atoms with E-state index in [9.17, 15) is 31.2 Å². The normalized spacial score (nSPS) is 16.9. The molecule has 11 heteroatoms. The Morgan fingerprint density at radius 3 is 2.35 bits per heavy atom. The Morgan fingerprint density at radius 1 is 1.09 bits per heavy atom. The van der Waals surface area contributed by atoms with Gasteiger partial charge in [0.05, 0.1) is 4.90 Å². The van der Waals surface area contributed by atoms with Crippen LogP contribution >= 0.6 is 0 Å². The second-order valence-corrected chi connectivity index (χ2v) is 10.2. The zero-order valence-electron chi connectivity index (χ0n) is 19.0. The van der Waals surface area contributed by atoms with Crippen LogP contribution in [0.1, 0.15) is 39.9 Å². The minimum atomic E-state index is -4.55. The molecule has 184 valence electrons. The fourth-order valence-corrected chi connectivity index (χ4v) is 6.30. The van der Waals surface area contributed by atoms with E-state index in [1.165, 1.54) is 28.6 Å². The Labute approximate surface area is 196 Å². The molecular weight excluding hydrogens is 471 g/mol. The van der Waals surface area contributed by atoms with Crippen LogP contribution in [-0.4, -0.2) is 49.8 Å². The quantitative estimate of drug-likeness (QED) is 0.636. The predicted molar refractivity (Wildman–Crippen MR) is 121 cm³/mol. The van der Waals surface area contributed by atoms with E-state index in [0.29, 0.717) is 24.0 Å². The van der Waals surface area contributed by atoms with Crippen molar-refractivity contribution >= 4 is 27.5 Å². The van der Waals surface area contributed by atoms with Crippen molar-refractivity contribution in [1.82, 2.24) is 9.62 Å². The summed E-state index contributed by atoms with van der Waals surface area (Å²) in [6.07, 6.45) is -3.73. The van der Waals surface area contributed by atoms with Crippen LogP contribution in [0.25, 0.3) is 0 Å². The van der Waals surface area contributed by atoms with Gasteiger partial charge in [-0.05, 0) is 62.9 Å². The number of hydrogen-bond donors (Lipinski definition) is 2. The van der Waals surface area contributed by atoms with Gasteiger partial charge in [0.15, 0.2) is 0 Å². The van der Waals surface area contributed by atoms with Crippen LogP contribution in [0.5, 0.6) is 0 Å². The van der Waals surface area contributed by atoms with Crippen LogP contribution in [0.4, 0.5) is 18.9 Å². The Bertz CT molecular complexity index is 1190. The Hall–Kier alpha value is -2.92. The summed E-state index contributed by atoms with van der Waals surface area (Å²) in [5, 5.41) is 4.37. The zero-order chi connectivity index (χ0) is 25.3. The van der Waals surface area contributed by atoms with E-state index in [0.717, 1.165) is 5.56 Å². The molecule has 7 nitrogen and oxygen atoms in total. The largest absolute Gasteiger partial charge is 0.405 e. The molecule has 1 aliphatic heterocycles. The molecule has 1 heterocycles. The summed E-state index contributed by atoms with van der Waals surface area (Å²) in [5.74, 6) is -1.51. The van der Waals surface area contributed by atoms with Gasteiger partial charge in [-0.2, -0.15) is 17.5 Å². The maximum Gasteiger partial charge on any atom is 0.405 e. The minimum absolute atomic E-state index is 0.0659. The molecule has 0 bridgehead atoms. The lowest BCUT2D eigenvalue weighted by Gasteiger charge is -2.25. The second-order valence-electron chi connectivity index (χ2n) is 8.37.